The van der Waals surface area contributed by atoms with Gasteiger partial charge in [-0.15, -0.1) is 0 Å². The third-order valence-electron chi connectivity index (χ3n) is 4.06. The fourth-order valence-electron chi connectivity index (χ4n) is 2.54. The fraction of sp³-hybridized carbons (Fsp3) is 0.211. The van der Waals surface area contributed by atoms with Crippen LogP contribution >= 0.6 is 0 Å². The summed E-state index contributed by atoms with van der Waals surface area (Å²) in [7, 11) is 0. The second-order valence-corrected chi connectivity index (χ2v) is 5.53. The Kier molecular flexibility index (Phi) is 4.11. The molecule has 0 unspecified atom stereocenters. The van der Waals surface area contributed by atoms with Gasteiger partial charge >= 0.3 is 0 Å². The molecule has 0 amide bonds. The zero-order chi connectivity index (χ0) is 16.2. The maximum absolute atomic E-state index is 13.1. The van der Waals surface area contributed by atoms with Crippen LogP contribution < -0.4 is 0 Å². The monoisotopic (exact) mass is 288 g/mol. The first kappa shape index (κ1) is 15.5. The summed E-state index contributed by atoms with van der Waals surface area (Å²) >= 11 is 0. The van der Waals surface area contributed by atoms with Crippen molar-refractivity contribution in [3.63, 3.8) is 0 Å². The number of rotatable bonds is 4. The van der Waals surface area contributed by atoms with E-state index in [1.54, 1.807) is 62.4 Å². The number of carbonyl (C=O) groups excluding carboxylic acids is 1. The first-order valence-corrected chi connectivity index (χ1v) is 6.97. The Balaban J connectivity index is 2.58. The Bertz CT molecular complexity index is 690. The average molecular weight is 288 g/mol. The molecule has 0 saturated carbocycles. The lowest BCUT2D eigenvalue weighted by molar-refractivity contribution is -0.125. The van der Waals surface area contributed by atoms with Crippen LogP contribution in [-0.4, -0.2) is 5.78 Å². The predicted octanol–water partition coefficient (Wildman–Crippen LogP) is 3.52. The number of nitrogens with zero attached hydrogens (tertiary/aromatic N) is 2. The molecule has 0 saturated heterocycles. The number of hydrogen-bond acceptors (Lipinski definition) is 3. The lowest BCUT2D eigenvalue weighted by Gasteiger charge is -2.30. The second kappa shape index (κ2) is 5.84. The van der Waals surface area contributed by atoms with Crippen LogP contribution in [0.1, 0.15) is 25.0 Å². The van der Waals surface area contributed by atoms with E-state index in [4.69, 9.17) is 0 Å². The van der Waals surface area contributed by atoms with Crippen molar-refractivity contribution < 1.29 is 4.79 Å². The number of hydrogen-bond donors (Lipinski definition) is 0. The van der Waals surface area contributed by atoms with Gasteiger partial charge in [0, 0.05) is 0 Å². The number of ketones is 1. The third kappa shape index (κ3) is 2.38. The van der Waals surface area contributed by atoms with Gasteiger partial charge in [0.1, 0.15) is 10.8 Å². The highest BCUT2D eigenvalue weighted by Gasteiger charge is 2.47. The highest BCUT2D eigenvalue weighted by atomic mass is 16.1. The summed E-state index contributed by atoms with van der Waals surface area (Å²) in [4.78, 5) is 13.1. The molecule has 0 aliphatic rings. The summed E-state index contributed by atoms with van der Waals surface area (Å²) < 4.78 is 0. The van der Waals surface area contributed by atoms with Crippen molar-refractivity contribution in [2.45, 2.75) is 24.7 Å². The van der Waals surface area contributed by atoms with Crippen LogP contribution in [0.3, 0.4) is 0 Å². The molecule has 2 rings (SSSR count). The topological polar surface area (TPSA) is 64.7 Å². The van der Waals surface area contributed by atoms with E-state index in [0.29, 0.717) is 11.1 Å². The number of carbonyl (C=O) groups is 1. The summed E-state index contributed by atoms with van der Waals surface area (Å²) in [5.41, 5.74) is -1.55. The highest BCUT2D eigenvalue weighted by Crippen LogP contribution is 2.35. The normalized spacial score (nSPS) is 15.6. The first-order chi connectivity index (χ1) is 10.5. The molecule has 0 fully saturated rings. The van der Waals surface area contributed by atoms with E-state index in [1.165, 1.54) is 0 Å². The maximum Gasteiger partial charge on any atom is 0.181 e. The van der Waals surface area contributed by atoms with Crippen molar-refractivity contribution in [3.05, 3.63) is 71.8 Å². The smallest absolute Gasteiger partial charge is 0.181 e. The van der Waals surface area contributed by atoms with Gasteiger partial charge in [0.2, 0.25) is 0 Å². The molecule has 0 bridgehead atoms. The lowest BCUT2D eigenvalue weighted by atomic mass is 9.67. The Morgan fingerprint density at radius 2 is 1.09 bits per heavy atom. The third-order valence-corrected chi connectivity index (χ3v) is 4.06. The van der Waals surface area contributed by atoms with E-state index in [2.05, 4.69) is 12.1 Å². The summed E-state index contributed by atoms with van der Waals surface area (Å²) in [6.07, 6.45) is 0. The van der Waals surface area contributed by atoms with Gasteiger partial charge in [-0.05, 0) is 25.0 Å². The molecule has 0 N–H and O–H groups in total. The summed E-state index contributed by atoms with van der Waals surface area (Å²) in [5, 5.41) is 19.3. The minimum atomic E-state index is -1.37. The van der Waals surface area contributed by atoms with Gasteiger partial charge in [0.15, 0.2) is 5.78 Å². The van der Waals surface area contributed by atoms with Crippen LogP contribution in [-0.2, 0) is 15.6 Å². The van der Waals surface area contributed by atoms with E-state index in [1.807, 2.05) is 12.1 Å². The molecule has 0 heterocycles. The molecule has 0 aliphatic carbocycles. The molecule has 2 aromatic carbocycles. The van der Waals surface area contributed by atoms with E-state index < -0.39 is 16.6 Å². The van der Waals surface area contributed by atoms with Gasteiger partial charge in [-0.2, -0.15) is 10.5 Å². The standard InChI is InChI=1S/C19H16N2O/c1-18(13-20,15-9-5-3-6-10-15)17(22)19(2,14-21)16-11-7-4-8-12-16/h3-12H,1-2H3/t18-,19-/m1/s1. The van der Waals surface area contributed by atoms with Crippen molar-refractivity contribution >= 4 is 5.78 Å². The molecule has 0 spiro atoms. The molecule has 22 heavy (non-hydrogen) atoms. The van der Waals surface area contributed by atoms with Gasteiger partial charge < -0.3 is 0 Å². The molecule has 0 radical (unpaired) electrons. The quantitative estimate of drug-likeness (QED) is 0.864. The lowest BCUT2D eigenvalue weighted by Crippen LogP contribution is -2.44. The van der Waals surface area contributed by atoms with Gasteiger partial charge in [0.05, 0.1) is 12.1 Å². The van der Waals surface area contributed by atoms with Crippen LogP contribution in [0.4, 0.5) is 0 Å². The van der Waals surface area contributed by atoms with Crippen LogP contribution in [0, 0.1) is 22.7 Å². The van der Waals surface area contributed by atoms with E-state index >= 15 is 0 Å². The molecular weight excluding hydrogens is 272 g/mol. The van der Waals surface area contributed by atoms with E-state index in [9.17, 15) is 15.3 Å². The van der Waals surface area contributed by atoms with Crippen LogP contribution in [0.25, 0.3) is 0 Å². The molecule has 3 heteroatoms. The Hall–Kier alpha value is -2.91. The van der Waals surface area contributed by atoms with Gasteiger partial charge in [-0.25, -0.2) is 0 Å². The summed E-state index contributed by atoms with van der Waals surface area (Å²) in [6.45, 7) is 3.15. The molecule has 2 aromatic rings. The van der Waals surface area contributed by atoms with Crippen LogP contribution in [0.15, 0.2) is 60.7 Å². The zero-order valence-electron chi connectivity index (χ0n) is 12.6. The molecular formula is C19H16N2O. The van der Waals surface area contributed by atoms with Crippen molar-refractivity contribution in [1.82, 2.24) is 0 Å². The summed E-state index contributed by atoms with van der Waals surface area (Å²) in [5.74, 6) is -0.414. The number of nitriles is 2. The van der Waals surface area contributed by atoms with E-state index in [-0.39, 0.29) is 0 Å². The molecule has 0 aliphatic heterocycles. The van der Waals surface area contributed by atoms with Crippen molar-refractivity contribution in [2.75, 3.05) is 0 Å². The molecule has 0 aromatic heterocycles. The van der Waals surface area contributed by atoms with Crippen molar-refractivity contribution in [3.8, 4) is 12.1 Å². The van der Waals surface area contributed by atoms with E-state index in [0.717, 1.165) is 0 Å². The Morgan fingerprint density at radius 3 is 1.36 bits per heavy atom. The predicted molar refractivity (Wildman–Crippen MR) is 83.8 cm³/mol. The van der Waals surface area contributed by atoms with Crippen LogP contribution in [0.5, 0.6) is 0 Å². The Labute approximate surface area is 130 Å². The summed E-state index contributed by atoms with van der Waals surface area (Å²) in [6, 6.07) is 21.9. The van der Waals surface area contributed by atoms with Gasteiger partial charge in [-0.3, -0.25) is 4.79 Å². The van der Waals surface area contributed by atoms with Gasteiger partial charge in [0.25, 0.3) is 0 Å². The highest BCUT2D eigenvalue weighted by molar-refractivity contribution is 6.02. The minimum absolute atomic E-state index is 0.414. The Morgan fingerprint density at radius 1 is 0.773 bits per heavy atom. The van der Waals surface area contributed by atoms with Crippen molar-refractivity contribution in [1.29, 1.82) is 10.5 Å². The minimum Gasteiger partial charge on any atom is -0.295 e. The average Bonchev–Trinajstić information content (AvgIpc) is 2.61. The fourth-order valence-corrected chi connectivity index (χ4v) is 2.54. The SMILES string of the molecule is C[C@](C#N)(C(=O)[C@](C)(C#N)c1ccccc1)c1ccccc1. The van der Waals surface area contributed by atoms with Crippen LogP contribution in [0.2, 0.25) is 0 Å². The number of benzene rings is 2. The second-order valence-electron chi connectivity index (χ2n) is 5.53. The molecule has 108 valence electrons. The molecule has 2 atom stereocenters. The molecule has 3 nitrogen and oxygen atoms in total. The van der Waals surface area contributed by atoms with Gasteiger partial charge in [-0.1, -0.05) is 60.7 Å². The zero-order valence-corrected chi connectivity index (χ0v) is 12.6. The number of Topliss-reactive ketones (excluding diaryl/α,β-unsaturated/α-hetero) is 1. The largest absolute Gasteiger partial charge is 0.295 e. The maximum atomic E-state index is 13.1. The van der Waals surface area contributed by atoms with Crippen molar-refractivity contribution in [2.24, 2.45) is 0 Å². The first-order valence-electron chi connectivity index (χ1n) is 6.97.